The van der Waals surface area contributed by atoms with Gasteiger partial charge in [0.25, 0.3) is 5.91 Å². The molecule has 0 saturated heterocycles. The van der Waals surface area contributed by atoms with Gasteiger partial charge in [0, 0.05) is 23.9 Å². The van der Waals surface area contributed by atoms with Crippen LogP contribution in [0.25, 0.3) is 0 Å². The molecule has 76 valence electrons. The average molecular weight is 276 g/mol. The van der Waals surface area contributed by atoms with Gasteiger partial charge in [-0.25, -0.2) is 5.43 Å². The Bertz CT molecular complexity index is 348. The van der Waals surface area contributed by atoms with Gasteiger partial charge in [-0.1, -0.05) is 0 Å². The maximum Gasteiger partial charge on any atom is 0.281 e. The maximum atomic E-state index is 11.4. The van der Waals surface area contributed by atoms with E-state index in [4.69, 9.17) is 0 Å². The predicted octanol–water partition coefficient (Wildman–Crippen LogP) is 1.75. The van der Waals surface area contributed by atoms with Gasteiger partial charge in [0.1, 0.15) is 6.34 Å². The Morgan fingerprint density at radius 2 is 2.43 bits per heavy atom. The van der Waals surface area contributed by atoms with Gasteiger partial charge in [0.2, 0.25) is 0 Å². The van der Waals surface area contributed by atoms with E-state index < -0.39 is 0 Å². The van der Waals surface area contributed by atoms with E-state index in [0.29, 0.717) is 4.88 Å². The number of hydrogen-bond acceptors (Lipinski definition) is 3. The molecular weight excluding hydrogens is 266 g/mol. The summed E-state index contributed by atoms with van der Waals surface area (Å²) in [5.74, 6) is -0.196. The van der Waals surface area contributed by atoms with E-state index in [1.807, 2.05) is 19.5 Å². The summed E-state index contributed by atoms with van der Waals surface area (Å²) >= 11 is 4.65. The number of hydrazone groups is 1. The van der Waals surface area contributed by atoms with Crippen molar-refractivity contribution >= 4 is 39.5 Å². The molecule has 0 aliphatic carbocycles. The molecular formula is C8H10BrN3OS. The fourth-order valence-corrected chi connectivity index (χ4v) is 2.01. The summed E-state index contributed by atoms with van der Waals surface area (Å²) in [6, 6.07) is 1.76. The summed E-state index contributed by atoms with van der Waals surface area (Å²) in [7, 11) is 3.66. The zero-order chi connectivity index (χ0) is 10.6. The Morgan fingerprint density at radius 3 is 2.93 bits per heavy atom. The van der Waals surface area contributed by atoms with Crippen molar-refractivity contribution in [2.24, 2.45) is 5.10 Å². The van der Waals surface area contributed by atoms with Crippen LogP contribution in [-0.4, -0.2) is 31.2 Å². The van der Waals surface area contributed by atoms with Crippen molar-refractivity contribution in [3.05, 3.63) is 20.8 Å². The monoisotopic (exact) mass is 275 g/mol. The molecule has 1 aromatic rings. The topological polar surface area (TPSA) is 44.7 Å². The van der Waals surface area contributed by atoms with E-state index in [1.165, 1.54) is 17.7 Å². The molecule has 0 aromatic carbocycles. The molecule has 0 bridgehead atoms. The van der Waals surface area contributed by atoms with Crippen LogP contribution < -0.4 is 5.43 Å². The molecule has 1 aromatic heterocycles. The molecule has 1 amide bonds. The van der Waals surface area contributed by atoms with Gasteiger partial charge in [-0.2, -0.15) is 5.10 Å². The molecule has 0 spiro atoms. The lowest BCUT2D eigenvalue weighted by Crippen LogP contribution is -2.19. The normalized spacial score (nSPS) is 10.5. The van der Waals surface area contributed by atoms with Crippen molar-refractivity contribution in [2.45, 2.75) is 0 Å². The zero-order valence-electron chi connectivity index (χ0n) is 7.82. The lowest BCUT2D eigenvalue weighted by molar-refractivity contribution is 0.0958. The van der Waals surface area contributed by atoms with Crippen LogP contribution in [0.1, 0.15) is 9.67 Å². The number of halogens is 1. The van der Waals surface area contributed by atoms with Crippen LogP contribution in [-0.2, 0) is 0 Å². The first kappa shape index (κ1) is 11.2. The van der Waals surface area contributed by atoms with Gasteiger partial charge in [0.15, 0.2) is 0 Å². The number of amides is 1. The van der Waals surface area contributed by atoms with Gasteiger partial charge >= 0.3 is 0 Å². The second-order valence-corrected chi connectivity index (χ2v) is 4.61. The van der Waals surface area contributed by atoms with Crippen molar-refractivity contribution in [1.82, 2.24) is 10.3 Å². The SMILES string of the molecule is CN(C)/C=N/NC(=O)c1cc(Br)cs1. The lowest BCUT2D eigenvalue weighted by Gasteiger charge is -2.01. The number of thiophene rings is 1. The van der Waals surface area contributed by atoms with Crippen molar-refractivity contribution in [1.29, 1.82) is 0 Å². The first-order chi connectivity index (χ1) is 6.59. The molecule has 0 unspecified atom stereocenters. The minimum absolute atomic E-state index is 0.196. The van der Waals surface area contributed by atoms with E-state index >= 15 is 0 Å². The van der Waals surface area contributed by atoms with Gasteiger partial charge < -0.3 is 4.90 Å². The fraction of sp³-hybridized carbons (Fsp3) is 0.250. The van der Waals surface area contributed by atoms with E-state index in [-0.39, 0.29) is 5.91 Å². The Balaban J connectivity index is 2.51. The summed E-state index contributed by atoms with van der Waals surface area (Å²) in [4.78, 5) is 13.8. The molecule has 0 aliphatic heterocycles. The van der Waals surface area contributed by atoms with Crippen LogP contribution >= 0.6 is 27.3 Å². The van der Waals surface area contributed by atoms with E-state index in [0.717, 1.165) is 4.47 Å². The Labute approximate surface area is 94.7 Å². The summed E-state index contributed by atoms with van der Waals surface area (Å²) in [5.41, 5.74) is 2.42. The molecule has 1 heterocycles. The Kier molecular flexibility index (Phi) is 4.09. The maximum absolute atomic E-state index is 11.4. The highest BCUT2D eigenvalue weighted by molar-refractivity contribution is 9.10. The Hall–Kier alpha value is -0.880. The second kappa shape index (κ2) is 5.11. The van der Waals surface area contributed by atoms with E-state index in [2.05, 4.69) is 26.5 Å². The van der Waals surface area contributed by atoms with Gasteiger partial charge in [-0.05, 0) is 22.0 Å². The molecule has 0 atom stereocenters. The molecule has 14 heavy (non-hydrogen) atoms. The quantitative estimate of drug-likeness (QED) is 0.519. The highest BCUT2D eigenvalue weighted by atomic mass is 79.9. The van der Waals surface area contributed by atoms with Crippen LogP contribution in [0.2, 0.25) is 0 Å². The first-order valence-electron chi connectivity index (χ1n) is 3.83. The molecule has 4 nitrogen and oxygen atoms in total. The third-order valence-electron chi connectivity index (χ3n) is 1.25. The van der Waals surface area contributed by atoms with Gasteiger partial charge in [-0.3, -0.25) is 4.79 Å². The number of carbonyl (C=O) groups excluding carboxylic acids is 1. The van der Waals surface area contributed by atoms with Gasteiger partial charge in [0.05, 0.1) is 4.88 Å². The molecule has 0 saturated carbocycles. The summed E-state index contributed by atoms with van der Waals surface area (Å²) in [6.07, 6.45) is 1.53. The standard InChI is InChI=1S/C8H10BrN3OS/c1-12(2)5-10-11-8(13)7-3-6(9)4-14-7/h3-5H,1-2H3,(H,11,13)/b10-5+. The van der Waals surface area contributed by atoms with Crippen LogP contribution in [0, 0.1) is 0 Å². The second-order valence-electron chi connectivity index (χ2n) is 2.78. The van der Waals surface area contributed by atoms with Crippen LogP contribution in [0.5, 0.6) is 0 Å². The number of rotatable bonds is 3. The van der Waals surface area contributed by atoms with Crippen LogP contribution in [0.4, 0.5) is 0 Å². The molecule has 1 N–H and O–H groups in total. The van der Waals surface area contributed by atoms with Crippen molar-refractivity contribution in [3.8, 4) is 0 Å². The highest BCUT2D eigenvalue weighted by Crippen LogP contribution is 2.19. The summed E-state index contributed by atoms with van der Waals surface area (Å²) < 4.78 is 0.907. The third kappa shape index (κ3) is 3.47. The predicted molar refractivity (Wildman–Crippen MR) is 61.7 cm³/mol. The van der Waals surface area contributed by atoms with E-state index in [9.17, 15) is 4.79 Å². The minimum Gasteiger partial charge on any atom is -0.367 e. The Morgan fingerprint density at radius 1 is 1.71 bits per heavy atom. The summed E-state index contributed by atoms with van der Waals surface area (Å²) in [5, 5.41) is 5.60. The number of nitrogens with zero attached hydrogens (tertiary/aromatic N) is 2. The zero-order valence-corrected chi connectivity index (χ0v) is 10.2. The number of carbonyl (C=O) groups is 1. The van der Waals surface area contributed by atoms with E-state index in [1.54, 1.807) is 11.0 Å². The van der Waals surface area contributed by atoms with Gasteiger partial charge in [-0.15, -0.1) is 11.3 Å². The lowest BCUT2D eigenvalue weighted by atomic mass is 10.4. The molecule has 1 rings (SSSR count). The molecule has 0 fully saturated rings. The van der Waals surface area contributed by atoms with Crippen molar-refractivity contribution in [3.63, 3.8) is 0 Å². The smallest absolute Gasteiger partial charge is 0.281 e. The number of nitrogens with one attached hydrogen (secondary N) is 1. The molecule has 6 heteroatoms. The molecule has 0 radical (unpaired) electrons. The van der Waals surface area contributed by atoms with Crippen LogP contribution in [0.3, 0.4) is 0 Å². The largest absolute Gasteiger partial charge is 0.367 e. The molecule has 0 aliphatic rings. The highest BCUT2D eigenvalue weighted by Gasteiger charge is 2.06. The fourth-order valence-electron chi connectivity index (χ4n) is 0.690. The number of hydrogen-bond donors (Lipinski definition) is 1. The average Bonchev–Trinajstić information content (AvgIpc) is 2.51. The van der Waals surface area contributed by atoms with Crippen LogP contribution in [0.15, 0.2) is 21.0 Å². The summed E-state index contributed by atoms with van der Waals surface area (Å²) in [6.45, 7) is 0. The minimum atomic E-state index is -0.196. The van der Waals surface area contributed by atoms with Crippen molar-refractivity contribution in [2.75, 3.05) is 14.1 Å². The third-order valence-corrected chi connectivity index (χ3v) is 2.94. The van der Waals surface area contributed by atoms with Crippen molar-refractivity contribution < 1.29 is 4.79 Å². The first-order valence-corrected chi connectivity index (χ1v) is 5.51.